The molecule has 5 nitrogen and oxygen atoms in total. The number of hydrogen-bond acceptors (Lipinski definition) is 4. The van der Waals surface area contributed by atoms with Crippen molar-refractivity contribution in [2.24, 2.45) is 50.2 Å². The maximum atomic E-state index is 14.4. The fraction of sp³-hybridized carbons (Fsp3) is 0.875. The monoisotopic (exact) mass is 513 g/mol. The van der Waals surface area contributed by atoms with Gasteiger partial charge in [-0.15, -0.1) is 0 Å². The lowest BCUT2D eigenvalue weighted by Crippen LogP contribution is -2.66. The van der Waals surface area contributed by atoms with Gasteiger partial charge in [0, 0.05) is 18.4 Å². The van der Waals surface area contributed by atoms with Gasteiger partial charge in [0.05, 0.1) is 13.2 Å². The molecule has 0 aliphatic heterocycles. The van der Waals surface area contributed by atoms with Crippen molar-refractivity contribution in [3.8, 4) is 0 Å². The molecule has 0 spiro atoms. The number of hydrogen-bond donors (Lipinski definition) is 1. The van der Waals surface area contributed by atoms with Crippen molar-refractivity contribution >= 4 is 11.7 Å². The summed E-state index contributed by atoms with van der Waals surface area (Å²) in [5.74, 6) is 0.924. The first-order chi connectivity index (χ1) is 17.0. The van der Waals surface area contributed by atoms with Crippen molar-refractivity contribution in [3.63, 3.8) is 0 Å². The minimum atomic E-state index is -0.484. The van der Waals surface area contributed by atoms with Crippen molar-refractivity contribution in [2.45, 2.75) is 112 Å². The summed E-state index contributed by atoms with van der Waals surface area (Å²) in [6.45, 7) is 16.2. The number of carbonyl (C=O) groups is 2. The highest BCUT2D eigenvalue weighted by Crippen LogP contribution is 2.75. The first-order valence-corrected chi connectivity index (χ1v) is 14.8. The van der Waals surface area contributed by atoms with Gasteiger partial charge in [-0.2, -0.15) is 0 Å². The lowest BCUT2D eigenvalue weighted by Gasteiger charge is -2.70. The topological polar surface area (TPSA) is 66.8 Å². The maximum Gasteiger partial charge on any atom is 0.251 e. The van der Waals surface area contributed by atoms with E-state index in [0.29, 0.717) is 11.7 Å². The van der Waals surface area contributed by atoms with E-state index in [1.807, 2.05) is 0 Å². The summed E-state index contributed by atoms with van der Waals surface area (Å²) < 4.78 is 0. The molecule has 208 valence electrons. The molecule has 0 aromatic carbocycles. The molecule has 0 heterocycles. The molecule has 5 heteroatoms. The molecular weight excluding hydrogens is 462 g/mol. The van der Waals surface area contributed by atoms with Crippen LogP contribution in [0.5, 0.6) is 0 Å². The summed E-state index contributed by atoms with van der Waals surface area (Å²) in [4.78, 5) is 33.1. The molecule has 0 bridgehead atoms. The van der Waals surface area contributed by atoms with Crippen molar-refractivity contribution in [2.75, 3.05) is 14.2 Å². The van der Waals surface area contributed by atoms with E-state index < -0.39 is 5.41 Å². The van der Waals surface area contributed by atoms with Gasteiger partial charge in [0.25, 0.3) is 5.91 Å². The van der Waals surface area contributed by atoms with E-state index in [2.05, 4.69) is 54.5 Å². The number of aliphatic hydroxyl groups is 1. The molecule has 5 aliphatic rings. The quantitative estimate of drug-likeness (QED) is 0.437. The maximum absolute atomic E-state index is 14.4. The number of fused-ring (bicyclic) bond motifs is 7. The molecule has 37 heavy (non-hydrogen) atoms. The minimum absolute atomic E-state index is 0.0140. The second-order valence-corrected chi connectivity index (χ2v) is 15.6. The lowest BCUT2D eigenvalue weighted by atomic mass is 9.33. The molecule has 1 amide bonds. The van der Waals surface area contributed by atoms with Crippen LogP contribution in [0.4, 0.5) is 0 Å². The van der Waals surface area contributed by atoms with Crippen LogP contribution in [-0.4, -0.2) is 42.1 Å². The Bertz CT molecular complexity index is 1030. The average Bonchev–Trinajstić information content (AvgIpc) is 2.83. The Labute approximate surface area is 224 Å². The minimum Gasteiger partial charge on any atom is -0.393 e. The van der Waals surface area contributed by atoms with Crippen LogP contribution in [0.15, 0.2) is 11.6 Å². The van der Waals surface area contributed by atoms with Crippen molar-refractivity contribution in [3.05, 3.63) is 11.6 Å². The third-order valence-corrected chi connectivity index (χ3v) is 13.6. The Morgan fingerprint density at radius 2 is 1.62 bits per heavy atom. The Morgan fingerprint density at radius 3 is 2.27 bits per heavy atom. The molecule has 1 N–H and O–H groups in total. The van der Waals surface area contributed by atoms with Crippen molar-refractivity contribution in [1.82, 2.24) is 5.06 Å². The highest BCUT2D eigenvalue weighted by Gasteiger charge is 2.70. The second kappa shape index (κ2) is 8.16. The standard InChI is InChI=1S/C32H51NO4/c1-27(2)23-10-13-32(7)25(30(23,5)12-11-24(27)35)22(34)18-20-21-19-29(4,26(36)33(8)37-9)15-14-28(21,3)16-17-31(20,32)6/h18,21,23-25,35H,10-17,19H2,1-9H3/t21-,23?,24+,25+,28+,29-,30-,31+,32+/m0/s1. The molecule has 4 fully saturated rings. The zero-order valence-electron chi connectivity index (χ0n) is 24.9. The number of carbonyl (C=O) groups excluding carboxylic acids is 2. The van der Waals surface area contributed by atoms with Gasteiger partial charge in [0.2, 0.25) is 0 Å². The fourth-order valence-electron chi connectivity index (χ4n) is 10.8. The van der Waals surface area contributed by atoms with Crippen LogP contribution in [0.3, 0.4) is 0 Å². The number of nitrogens with zero attached hydrogens (tertiary/aromatic N) is 1. The number of aliphatic hydroxyl groups excluding tert-OH is 1. The number of ketones is 1. The van der Waals surface area contributed by atoms with Gasteiger partial charge in [0.1, 0.15) is 0 Å². The predicted octanol–water partition coefficient (Wildman–Crippen LogP) is 6.35. The molecule has 0 aromatic heterocycles. The number of amides is 1. The van der Waals surface area contributed by atoms with Crippen LogP contribution < -0.4 is 0 Å². The van der Waals surface area contributed by atoms with Gasteiger partial charge in [-0.3, -0.25) is 14.4 Å². The van der Waals surface area contributed by atoms with Gasteiger partial charge < -0.3 is 5.11 Å². The highest BCUT2D eigenvalue weighted by molar-refractivity contribution is 5.95. The summed E-state index contributed by atoms with van der Waals surface area (Å²) in [6, 6.07) is 0. The zero-order valence-corrected chi connectivity index (χ0v) is 24.9. The predicted molar refractivity (Wildman–Crippen MR) is 145 cm³/mol. The molecular formula is C32H51NO4. The van der Waals surface area contributed by atoms with E-state index in [-0.39, 0.29) is 50.9 Å². The van der Waals surface area contributed by atoms with E-state index in [4.69, 9.17) is 4.84 Å². The normalized spacial score (nSPS) is 50.6. The van der Waals surface area contributed by atoms with Crippen LogP contribution in [0.2, 0.25) is 0 Å². The molecule has 0 aromatic rings. The Balaban J connectivity index is 1.59. The average molecular weight is 514 g/mol. The zero-order chi connectivity index (χ0) is 27.4. The number of rotatable bonds is 2. The van der Waals surface area contributed by atoms with Crippen molar-refractivity contribution in [1.29, 1.82) is 0 Å². The Kier molecular flexibility index (Phi) is 6.04. The first-order valence-electron chi connectivity index (χ1n) is 14.8. The van der Waals surface area contributed by atoms with Gasteiger partial charge >= 0.3 is 0 Å². The van der Waals surface area contributed by atoms with E-state index in [0.717, 1.165) is 57.8 Å². The van der Waals surface area contributed by atoms with Crippen LogP contribution in [-0.2, 0) is 14.4 Å². The summed E-state index contributed by atoms with van der Waals surface area (Å²) in [5.41, 5.74) is 0.528. The second-order valence-electron chi connectivity index (χ2n) is 15.6. The first kappa shape index (κ1) is 27.4. The lowest BCUT2D eigenvalue weighted by molar-refractivity contribution is -0.203. The summed E-state index contributed by atoms with van der Waals surface area (Å²) >= 11 is 0. The highest BCUT2D eigenvalue weighted by atomic mass is 16.7. The van der Waals surface area contributed by atoms with Gasteiger partial charge in [-0.05, 0) is 103 Å². The molecule has 0 saturated heterocycles. The van der Waals surface area contributed by atoms with E-state index in [1.165, 1.54) is 10.6 Å². The third kappa shape index (κ3) is 3.41. The van der Waals surface area contributed by atoms with Crippen LogP contribution in [0.25, 0.3) is 0 Å². The molecule has 1 unspecified atom stereocenters. The Morgan fingerprint density at radius 1 is 0.973 bits per heavy atom. The molecule has 4 saturated carbocycles. The van der Waals surface area contributed by atoms with Crippen LogP contribution >= 0.6 is 0 Å². The molecule has 5 aliphatic carbocycles. The summed E-state index contributed by atoms with van der Waals surface area (Å²) in [5, 5.41) is 12.3. The number of hydroxylamine groups is 2. The van der Waals surface area contributed by atoms with E-state index in [9.17, 15) is 14.7 Å². The van der Waals surface area contributed by atoms with E-state index in [1.54, 1.807) is 14.2 Å². The van der Waals surface area contributed by atoms with Crippen molar-refractivity contribution < 1.29 is 19.5 Å². The fourth-order valence-corrected chi connectivity index (χ4v) is 10.8. The van der Waals surface area contributed by atoms with Gasteiger partial charge in [-0.1, -0.05) is 54.0 Å². The Hall–Kier alpha value is -1.20. The summed E-state index contributed by atoms with van der Waals surface area (Å²) in [6.07, 6.45) is 10.5. The molecule has 9 atom stereocenters. The summed E-state index contributed by atoms with van der Waals surface area (Å²) in [7, 11) is 3.26. The molecule has 5 rings (SSSR count). The van der Waals surface area contributed by atoms with Crippen LogP contribution in [0, 0.1) is 50.2 Å². The smallest absolute Gasteiger partial charge is 0.251 e. The largest absolute Gasteiger partial charge is 0.393 e. The SMILES string of the molecule is CON(C)C(=O)[C@@]1(C)CC[C@]2(C)CC[C@]3(C)C(=CC(=O)[C@@H]4[C@@]5(C)CC[C@@H](O)C(C)(C)C5CC[C@]43C)[C@@H]2C1. The van der Waals surface area contributed by atoms with E-state index >= 15 is 0 Å². The molecule has 0 radical (unpaired) electrons. The van der Waals surface area contributed by atoms with Crippen LogP contribution in [0.1, 0.15) is 106 Å². The van der Waals surface area contributed by atoms with Gasteiger partial charge in [-0.25, -0.2) is 5.06 Å². The van der Waals surface area contributed by atoms with Gasteiger partial charge in [0.15, 0.2) is 5.78 Å². The number of allylic oxidation sites excluding steroid dienone is 2. The third-order valence-electron chi connectivity index (χ3n) is 13.6.